The molecule has 0 heterocycles. The van der Waals surface area contributed by atoms with Gasteiger partial charge in [-0.2, -0.15) is 21.6 Å². The van der Waals surface area contributed by atoms with Crippen molar-refractivity contribution in [2.45, 2.75) is 19.4 Å². The molecule has 0 unspecified atom stereocenters. The SMILES string of the molecule is Cc1ccccc1-c1ccc(N(c2cc(OS(=O)(=O)C(F)(F)F)ccc2N(c2ccccc2)c2ccccc2)c2cccc3ccccc23)cc1C. The Bertz CT molecular complexity index is 2440. The van der Waals surface area contributed by atoms with Crippen molar-refractivity contribution in [3.8, 4) is 16.9 Å². The van der Waals surface area contributed by atoms with Gasteiger partial charge in [0.25, 0.3) is 0 Å². The van der Waals surface area contributed by atoms with E-state index in [1.807, 2.05) is 150 Å². The van der Waals surface area contributed by atoms with Crippen LogP contribution >= 0.6 is 0 Å². The van der Waals surface area contributed by atoms with E-state index in [-0.39, 0.29) is 0 Å². The highest BCUT2D eigenvalue weighted by atomic mass is 32.2. The van der Waals surface area contributed by atoms with Crippen molar-refractivity contribution < 1.29 is 25.8 Å². The lowest BCUT2D eigenvalue weighted by molar-refractivity contribution is -0.0500. The van der Waals surface area contributed by atoms with E-state index in [0.717, 1.165) is 50.1 Å². The van der Waals surface area contributed by atoms with Crippen LogP contribution in [0.5, 0.6) is 5.75 Å². The Balaban J connectivity index is 1.54. The molecule has 0 aliphatic heterocycles. The van der Waals surface area contributed by atoms with Crippen LogP contribution in [0.15, 0.2) is 164 Å². The van der Waals surface area contributed by atoms with Crippen LogP contribution in [0.4, 0.5) is 47.3 Å². The molecule has 0 saturated heterocycles. The maximum absolute atomic E-state index is 13.7. The fourth-order valence-electron chi connectivity index (χ4n) is 6.45. The molecule has 5 nitrogen and oxygen atoms in total. The van der Waals surface area contributed by atoms with E-state index in [4.69, 9.17) is 4.18 Å². The number of hydrogen-bond donors (Lipinski definition) is 0. The minimum Gasteiger partial charge on any atom is -0.376 e. The molecule has 0 spiro atoms. The Hall–Kier alpha value is -6.06. The zero-order valence-electron chi connectivity index (χ0n) is 28.2. The zero-order valence-corrected chi connectivity index (χ0v) is 29.1. The summed E-state index contributed by atoms with van der Waals surface area (Å²) in [6, 6.07) is 51.1. The van der Waals surface area contributed by atoms with E-state index in [2.05, 4.69) is 19.1 Å². The maximum Gasteiger partial charge on any atom is 0.534 e. The van der Waals surface area contributed by atoms with Gasteiger partial charge in [-0.05, 0) is 96.1 Å². The van der Waals surface area contributed by atoms with Crippen LogP contribution in [0.2, 0.25) is 0 Å². The van der Waals surface area contributed by atoms with E-state index in [1.54, 1.807) is 6.07 Å². The summed E-state index contributed by atoms with van der Waals surface area (Å²) in [6.07, 6.45) is 0. The fraction of sp³-hybridized carbons (Fsp3) is 0.0698. The van der Waals surface area contributed by atoms with Crippen molar-refractivity contribution in [3.63, 3.8) is 0 Å². The second-order valence-corrected chi connectivity index (χ2v) is 13.8. The highest BCUT2D eigenvalue weighted by Crippen LogP contribution is 2.49. The Kier molecular flexibility index (Phi) is 9.21. The molecule has 9 heteroatoms. The standard InChI is InChI=1S/C43H33F3N2O3S/c1-30-14-9-11-21-37(30)38-26-24-35(28-31(38)2)48(40-23-13-16-32-15-10-12-22-39(32)40)42-29-36(51-52(49,50)43(44,45)46)25-27-41(42)47(33-17-5-3-6-18-33)34-19-7-4-8-20-34/h3-29H,1-2H3. The molecule has 0 aromatic heterocycles. The van der Waals surface area contributed by atoms with Gasteiger partial charge in [0.1, 0.15) is 5.75 Å². The van der Waals surface area contributed by atoms with Crippen LogP contribution in [0.1, 0.15) is 11.1 Å². The van der Waals surface area contributed by atoms with Crippen LogP contribution < -0.4 is 14.0 Å². The number of fused-ring (bicyclic) bond motifs is 1. The minimum atomic E-state index is -5.97. The number of para-hydroxylation sites is 2. The van der Waals surface area contributed by atoms with E-state index < -0.39 is 21.4 Å². The van der Waals surface area contributed by atoms with Gasteiger partial charge < -0.3 is 14.0 Å². The first-order valence-electron chi connectivity index (χ1n) is 16.5. The highest BCUT2D eigenvalue weighted by Gasteiger charge is 2.48. The molecule has 0 saturated carbocycles. The fourth-order valence-corrected chi connectivity index (χ4v) is 6.91. The molecule has 0 fully saturated rings. The number of benzene rings is 7. The number of rotatable bonds is 9. The van der Waals surface area contributed by atoms with Crippen LogP contribution in [0.3, 0.4) is 0 Å². The Labute approximate surface area is 300 Å². The van der Waals surface area contributed by atoms with Crippen molar-refractivity contribution >= 4 is 55.0 Å². The predicted molar refractivity (Wildman–Crippen MR) is 204 cm³/mol. The molecule has 7 aromatic carbocycles. The quantitative estimate of drug-likeness (QED) is 0.110. The van der Waals surface area contributed by atoms with Gasteiger partial charge in [-0.15, -0.1) is 0 Å². The first-order valence-corrected chi connectivity index (χ1v) is 17.9. The zero-order chi connectivity index (χ0) is 36.5. The number of anilines is 6. The van der Waals surface area contributed by atoms with Crippen molar-refractivity contribution in [3.05, 3.63) is 175 Å². The molecule has 0 radical (unpaired) electrons. The lowest BCUT2D eigenvalue weighted by atomic mass is 9.95. The summed E-state index contributed by atoms with van der Waals surface area (Å²) in [5.41, 5.74) is 2.47. The van der Waals surface area contributed by atoms with Gasteiger partial charge in [0, 0.05) is 28.5 Å². The first-order chi connectivity index (χ1) is 25.0. The normalized spacial score (nSPS) is 11.7. The van der Waals surface area contributed by atoms with Crippen molar-refractivity contribution in [2.75, 3.05) is 9.80 Å². The molecule has 0 atom stereocenters. The summed E-state index contributed by atoms with van der Waals surface area (Å²) in [7, 11) is -5.97. The summed E-state index contributed by atoms with van der Waals surface area (Å²) < 4.78 is 70.4. The molecule has 260 valence electrons. The summed E-state index contributed by atoms with van der Waals surface area (Å²) in [5, 5.41) is 1.81. The number of hydrogen-bond acceptors (Lipinski definition) is 5. The Morgan fingerprint density at radius 3 is 1.75 bits per heavy atom. The minimum absolute atomic E-state index is 0.377. The van der Waals surface area contributed by atoms with Crippen LogP contribution in [0, 0.1) is 13.8 Å². The lowest BCUT2D eigenvalue weighted by Crippen LogP contribution is -2.28. The third-order valence-electron chi connectivity index (χ3n) is 8.86. The van der Waals surface area contributed by atoms with Gasteiger partial charge >= 0.3 is 15.6 Å². The average Bonchev–Trinajstić information content (AvgIpc) is 3.14. The van der Waals surface area contributed by atoms with E-state index in [1.165, 1.54) is 12.1 Å². The van der Waals surface area contributed by atoms with Crippen molar-refractivity contribution in [1.29, 1.82) is 0 Å². The highest BCUT2D eigenvalue weighted by molar-refractivity contribution is 7.88. The van der Waals surface area contributed by atoms with Crippen LogP contribution in [-0.2, 0) is 10.1 Å². The summed E-state index contributed by atoms with van der Waals surface area (Å²) in [4.78, 5) is 3.92. The first kappa shape index (κ1) is 34.4. The van der Waals surface area contributed by atoms with E-state index in [9.17, 15) is 21.6 Å². The molecular formula is C43H33F3N2O3S. The van der Waals surface area contributed by atoms with Gasteiger partial charge in [-0.25, -0.2) is 0 Å². The van der Waals surface area contributed by atoms with Gasteiger partial charge in [0.15, 0.2) is 0 Å². The number of alkyl halides is 3. The van der Waals surface area contributed by atoms with Gasteiger partial charge in [0.2, 0.25) is 0 Å². The van der Waals surface area contributed by atoms with E-state index >= 15 is 0 Å². The molecule has 7 aromatic rings. The number of halogens is 3. The topological polar surface area (TPSA) is 49.9 Å². The van der Waals surface area contributed by atoms with Crippen molar-refractivity contribution in [2.24, 2.45) is 0 Å². The smallest absolute Gasteiger partial charge is 0.376 e. The Morgan fingerprint density at radius 2 is 1.10 bits per heavy atom. The van der Waals surface area contributed by atoms with Gasteiger partial charge in [-0.3, -0.25) is 0 Å². The third kappa shape index (κ3) is 6.70. The van der Waals surface area contributed by atoms with E-state index in [0.29, 0.717) is 17.1 Å². The summed E-state index contributed by atoms with van der Waals surface area (Å²) in [5.74, 6) is -0.490. The molecule has 0 amide bonds. The molecule has 0 aliphatic rings. The second kappa shape index (κ2) is 13.9. The average molecular weight is 715 g/mol. The second-order valence-electron chi connectivity index (χ2n) is 12.3. The van der Waals surface area contributed by atoms with Crippen molar-refractivity contribution in [1.82, 2.24) is 0 Å². The number of aryl methyl sites for hydroxylation is 2. The maximum atomic E-state index is 13.7. The third-order valence-corrected chi connectivity index (χ3v) is 9.84. The molecule has 52 heavy (non-hydrogen) atoms. The molecular weight excluding hydrogens is 682 g/mol. The molecule has 0 N–H and O–H groups in total. The predicted octanol–water partition coefficient (Wildman–Crippen LogP) is 12.3. The summed E-state index contributed by atoms with van der Waals surface area (Å²) >= 11 is 0. The summed E-state index contributed by atoms with van der Waals surface area (Å²) in [6.45, 7) is 4.07. The molecule has 0 aliphatic carbocycles. The lowest BCUT2D eigenvalue weighted by Gasteiger charge is -2.34. The Morgan fingerprint density at radius 1 is 0.500 bits per heavy atom. The van der Waals surface area contributed by atoms with Gasteiger partial charge in [0.05, 0.1) is 17.1 Å². The monoisotopic (exact) mass is 714 g/mol. The van der Waals surface area contributed by atoms with Gasteiger partial charge in [-0.1, -0.05) is 103 Å². The largest absolute Gasteiger partial charge is 0.534 e. The molecule has 0 bridgehead atoms. The van der Waals surface area contributed by atoms with Crippen LogP contribution in [0.25, 0.3) is 21.9 Å². The molecule has 7 rings (SSSR count). The number of nitrogens with zero attached hydrogens (tertiary/aromatic N) is 2. The van der Waals surface area contributed by atoms with Crippen LogP contribution in [-0.4, -0.2) is 13.9 Å².